The van der Waals surface area contributed by atoms with Crippen molar-refractivity contribution in [3.05, 3.63) is 23.8 Å². The molecular formula is C16H23NO2. The maximum atomic E-state index is 6.38. The molecule has 1 saturated carbocycles. The molecule has 19 heavy (non-hydrogen) atoms. The zero-order valence-electron chi connectivity index (χ0n) is 12.0. The molecular weight excluding hydrogens is 238 g/mol. The average Bonchev–Trinajstić information content (AvgIpc) is 2.64. The smallest absolute Gasteiger partial charge is 0.125 e. The van der Waals surface area contributed by atoms with Gasteiger partial charge in [0.1, 0.15) is 17.1 Å². The molecule has 1 aromatic carbocycles. The van der Waals surface area contributed by atoms with Gasteiger partial charge in [-0.05, 0) is 42.9 Å². The van der Waals surface area contributed by atoms with Gasteiger partial charge in [-0.3, -0.25) is 0 Å². The topological polar surface area (TPSA) is 44.5 Å². The predicted molar refractivity (Wildman–Crippen MR) is 75.5 cm³/mol. The van der Waals surface area contributed by atoms with Crippen LogP contribution in [0.25, 0.3) is 0 Å². The first-order chi connectivity index (χ1) is 8.93. The molecule has 3 heteroatoms. The summed E-state index contributed by atoms with van der Waals surface area (Å²) in [5.41, 5.74) is 7.77. The third kappa shape index (κ3) is 2.20. The van der Waals surface area contributed by atoms with Crippen LogP contribution < -0.4 is 15.2 Å². The Morgan fingerprint density at radius 2 is 2.11 bits per heavy atom. The minimum Gasteiger partial charge on any atom is -0.497 e. The number of benzene rings is 1. The fraction of sp³-hybridized carbons (Fsp3) is 0.625. The lowest BCUT2D eigenvalue weighted by Gasteiger charge is -2.39. The highest BCUT2D eigenvalue weighted by molar-refractivity contribution is 5.44. The molecule has 0 saturated heterocycles. The van der Waals surface area contributed by atoms with Crippen molar-refractivity contribution in [2.45, 2.75) is 51.2 Å². The van der Waals surface area contributed by atoms with Gasteiger partial charge in [0.2, 0.25) is 0 Å². The molecule has 2 atom stereocenters. The van der Waals surface area contributed by atoms with Gasteiger partial charge in [0, 0.05) is 18.0 Å². The SMILES string of the molecule is COc1ccc2c(c1)[C@H](N)CC1(CCC(C)(C)C1)O2. The van der Waals surface area contributed by atoms with Crippen molar-refractivity contribution in [1.29, 1.82) is 0 Å². The number of hydrogen-bond acceptors (Lipinski definition) is 3. The van der Waals surface area contributed by atoms with E-state index in [9.17, 15) is 0 Å². The van der Waals surface area contributed by atoms with E-state index in [0.29, 0.717) is 5.41 Å². The zero-order chi connectivity index (χ0) is 13.7. The second-order valence-electron chi connectivity index (χ2n) is 6.84. The third-order valence-corrected chi connectivity index (χ3v) is 4.59. The molecule has 1 unspecified atom stereocenters. The predicted octanol–water partition coefficient (Wildman–Crippen LogP) is 3.43. The fourth-order valence-electron chi connectivity index (χ4n) is 3.70. The Kier molecular flexibility index (Phi) is 2.79. The van der Waals surface area contributed by atoms with E-state index in [1.54, 1.807) is 7.11 Å². The number of ether oxygens (including phenoxy) is 2. The fourth-order valence-corrected chi connectivity index (χ4v) is 3.70. The molecule has 0 amide bonds. The maximum Gasteiger partial charge on any atom is 0.125 e. The van der Waals surface area contributed by atoms with Gasteiger partial charge >= 0.3 is 0 Å². The Morgan fingerprint density at radius 1 is 1.32 bits per heavy atom. The van der Waals surface area contributed by atoms with Crippen LogP contribution in [0.4, 0.5) is 0 Å². The van der Waals surface area contributed by atoms with E-state index in [1.165, 1.54) is 6.42 Å². The third-order valence-electron chi connectivity index (χ3n) is 4.59. The molecule has 3 rings (SSSR count). The van der Waals surface area contributed by atoms with Gasteiger partial charge < -0.3 is 15.2 Å². The standard InChI is InChI=1S/C16H23NO2/c1-15(2)6-7-16(10-15)9-13(17)12-8-11(18-3)4-5-14(12)19-16/h4-5,8,13H,6-7,9-10,17H2,1-3H3/t13-,16?/m1/s1. The summed E-state index contributed by atoms with van der Waals surface area (Å²) in [7, 11) is 1.68. The molecule has 1 aliphatic heterocycles. The molecule has 2 aliphatic rings. The molecule has 1 spiro atoms. The van der Waals surface area contributed by atoms with Crippen molar-refractivity contribution in [2.75, 3.05) is 7.11 Å². The van der Waals surface area contributed by atoms with Crippen LogP contribution in [0.1, 0.15) is 51.1 Å². The zero-order valence-corrected chi connectivity index (χ0v) is 12.0. The molecule has 3 nitrogen and oxygen atoms in total. The molecule has 0 radical (unpaired) electrons. The summed E-state index contributed by atoms with van der Waals surface area (Å²) in [6, 6.07) is 6.01. The first kappa shape index (κ1) is 12.8. The van der Waals surface area contributed by atoms with Crippen molar-refractivity contribution in [3.63, 3.8) is 0 Å². The first-order valence-electron chi connectivity index (χ1n) is 7.06. The van der Waals surface area contributed by atoms with Crippen molar-refractivity contribution in [2.24, 2.45) is 11.1 Å². The molecule has 104 valence electrons. The van der Waals surface area contributed by atoms with E-state index in [-0.39, 0.29) is 11.6 Å². The van der Waals surface area contributed by atoms with Gasteiger partial charge in [0.15, 0.2) is 0 Å². The first-order valence-corrected chi connectivity index (χ1v) is 7.06. The summed E-state index contributed by atoms with van der Waals surface area (Å²) in [6.07, 6.45) is 4.33. The Hall–Kier alpha value is -1.22. The minimum atomic E-state index is -0.0511. The van der Waals surface area contributed by atoms with Crippen LogP contribution in [-0.2, 0) is 0 Å². The van der Waals surface area contributed by atoms with Crippen LogP contribution >= 0.6 is 0 Å². The van der Waals surface area contributed by atoms with Gasteiger partial charge in [-0.15, -0.1) is 0 Å². The van der Waals surface area contributed by atoms with Gasteiger partial charge in [-0.25, -0.2) is 0 Å². The number of hydrogen-bond donors (Lipinski definition) is 1. The van der Waals surface area contributed by atoms with E-state index >= 15 is 0 Å². The Morgan fingerprint density at radius 3 is 2.74 bits per heavy atom. The minimum absolute atomic E-state index is 0.0488. The van der Waals surface area contributed by atoms with E-state index in [2.05, 4.69) is 13.8 Å². The quantitative estimate of drug-likeness (QED) is 0.842. The highest BCUT2D eigenvalue weighted by atomic mass is 16.5. The Bertz CT molecular complexity index is 498. The molecule has 1 heterocycles. The lowest BCUT2D eigenvalue weighted by atomic mass is 9.83. The van der Waals surface area contributed by atoms with Gasteiger partial charge in [-0.2, -0.15) is 0 Å². The van der Waals surface area contributed by atoms with E-state index in [0.717, 1.165) is 36.3 Å². The van der Waals surface area contributed by atoms with Crippen molar-refractivity contribution in [3.8, 4) is 11.5 Å². The van der Waals surface area contributed by atoms with Crippen molar-refractivity contribution in [1.82, 2.24) is 0 Å². The van der Waals surface area contributed by atoms with Crippen LogP contribution in [0, 0.1) is 5.41 Å². The van der Waals surface area contributed by atoms with Crippen LogP contribution in [-0.4, -0.2) is 12.7 Å². The van der Waals surface area contributed by atoms with Crippen LogP contribution in [0.3, 0.4) is 0 Å². The summed E-state index contributed by atoms with van der Waals surface area (Å²) in [4.78, 5) is 0. The summed E-state index contributed by atoms with van der Waals surface area (Å²) in [5, 5.41) is 0. The number of methoxy groups -OCH3 is 1. The van der Waals surface area contributed by atoms with Crippen LogP contribution in [0.2, 0.25) is 0 Å². The van der Waals surface area contributed by atoms with Crippen molar-refractivity contribution < 1.29 is 9.47 Å². The molecule has 0 bridgehead atoms. The van der Waals surface area contributed by atoms with Gasteiger partial charge in [0.05, 0.1) is 7.11 Å². The summed E-state index contributed by atoms with van der Waals surface area (Å²) in [5.74, 6) is 1.79. The van der Waals surface area contributed by atoms with E-state index in [4.69, 9.17) is 15.2 Å². The number of rotatable bonds is 1. The van der Waals surface area contributed by atoms with E-state index < -0.39 is 0 Å². The van der Waals surface area contributed by atoms with Gasteiger partial charge in [-0.1, -0.05) is 13.8 Å². The largest absolute Gasteiger partial charge is 0.497 e. The van der Waals surface area contributed by atoms with Crippen LogP contribution in [0.15, 0.2) is 18.2 Å². The maximum absolute atomic E-state index is 6.38. The molecule has 2 N–H and O–H groups in total. The normalized spacial score (nSPS) is 31.9. The number of nitrogens with two attached hydrogens (primary N) is 1. The monoisotopic (exact) mass is 261 g/mol. The summed E-state index contributed by atoms with van der Waals surface area (Å²) in [6.45, 7) is 4.64. The van der Waals surface area contributed by atoms with Gasteiger partial charge in [0.25, 0.3) is 0 Å². The Labute approximate surface area is 115 Å². The van der Waals surface area contributed by atoms with Crippen LogP contribution in [0.5, 0.6) is 11.5 Å². The highest BCUT2D eigenvalue weighted by Gasteiger charge is 2.48. The van der Waals surface area contributed by atoms with Crippen molar-refractivity contribution >= 4 is 0 Å². The molecule has 1 fully saturated rings. The molecule has 1 aromatic rings. The van der Waals surface area contributed by atoms with E-state index in [1.807, 2.05) is 18.2 Å². The summed E-state index contributed by atoms with van der Waals surface area (Å²) >= 11 is 0. The number of fused-ring (bicyclic) bond motifs is 1. The second-order valence-corrected chi connectivity index (χ2v) is 6.84. The average molecular weight is 261 g/mol. The molecule has 1 aliphatic carbocycles. The second kappa shape index (κ2) is 4.14. The summed E-state index contributed by atoms with van der Waals surface area (Å²) < 4.78 is 11.6. The lowest BCUT2D eigenvalue weighted by molar-refractivity contribution is 0.0330. The molecule has 0 aromatic heterocycles. The Balaban J connectivity index is 1.93. The lowest BCUT2D eigenvalue weighted by Crippen LogP contribution is -2.41. The highest BCUT2D eigenvalue weighted by Crippen LogP contribution is 2.52.